The summed E-state index contributed by atoms with van der Waals surface area (Å²) in [6.45, 7) is 0. The lowest BCUT2D eigenvalue weighted by molar-refractivity contribution is 0.487. The average Bonchev–Trinajstić information content (AvgIpc) is 3.69. The summed E-state index contributed by atoms with van der Waals surface area (Å²) in [4.78, 5) is 0. The molecule has 12 rings (SSSR count). The number of rotatable bonds is 2. The fourth-order valence-electron chi connectivity index (χ4n) is 9.79. The Labute approximate surface area is 302 Å². The van der Waals surface area contributed by atoms with E-state index in [0.717, 1.165) is 17.1 Å². The summed E-state index contributed by atoms with van der Waals surface area (Å²) in [5.74, 6) is 1.82. The van der Waals surface area contributed by atoms with Crippen LogP contribution in [0.4, 0.5) is 0 Å². The van der Waals surface area contributed by atoms with Crippen molar-refractivity contribution in [1.82, 2.24) is 0 Å². The van der Waals surface area contributed by atoms with Gasteiger partial charge < -0.3 is 4.74 Å². The zero-order valence-corrected chi connectivity index (χ0v) is 28.2. The quantitative estimate of drug-likeness (QED) is 0.180. The third-order valence-corrected chi connectivity index (χ3v) is 11.8. The molecule has 3 aliphatic rings. The molecule has 9 aromatic carbocycles. The van der Waals surface area contributed by atoms with Crippen LogP contribution in [0.3, 0.4) is 0 Å². The van der Waals surface area contributed by atoms with E-state index in [1.54, 1.807) is 0 Å². The lowest BCUT2D eigenvalue weighted by Crippen LogP contribution is -2.26. The van der Waals surface area contributed by atoms with Crippen LogP contribution in [0.25, 0.3) is 77.2 Å². The zero-order chi connectivity index (χ0) is 34.0. The molecular formula is C51H30O. The van der Waals surface area contributed by atoms with Gasteiger partial charge in [0.05, 0.1) is 5.41 Å². The van der Waals surface area contributed by atoms with Crippen LogP contribution in [0.2, 0.25) is 0 Å². The lowest BCUT2D eigenvalue weighted by atomic mass is 9.69. The summed E-state index contributed by atoms with van der Waals surface area (Å²) in [6, 6.07) is 67.3. The van der Waals surface area contributed by atoms with Gasteiger partial charge in [0.2, 0.25) is 0 Å². The Morgan fingerprint density at radius 3 is 1.73 bits per heavy atom. The van der Waals surface area contributed by atoms with Crippen molar-refractivity contribution in [3.05, 3.63) is 204 Å². The molecule has 52 heavy (non-hydrogen) atoms. The molecule has 1 nitrogen and oxygen atoms in total. The third-order valence-electron chi connectivity index (χ3n) is 11.8. The molecule has 0 bridgehead atoms. The first-order valence-electron chi connectivity index (χ1n) is 18.1. The topological polar surface area (TPSA) is 9.23 Å². The highest BCUT2D eigenvalue weighted by Crippen LogP contribution is 2.65. The smallest absolute Gasteiger partial charge is 0.135 e. The Kier molecular flexibility index (Phi) is 5.49. The summed E-state index contributed by atoms with van der Waals surface area (Å²) in [6.07, 6.45) is 0. The number of hydrogen-bond donors (Lipinski definition) is 0. The van der Waals surface area contributed by atoms with Crippen molar-refractivity contribution in [3.8, 4) is 67.1 Å². The van der Waals surface area contributed by atoms with E-state index >= 15 is 0 Å². The van der Waals surface area contributed by atoms with Crippen LogP contribution in [-0.2, 0) is 5.41 Å². The molecule has 1 heterocycles. The van der Waals surface area contributed by atoms with E-state index in [0.29, 0.717) is 0 Å². The van der Waals surface area contributed by atoms with Gasteiger partial charge in [-0.2, -0.15) is 0 Å². The highest BCUT2D eigenvalue weighted by Gasteiger charge is 2.53. The van der Waals surface area contributed by atoms with Crippen LogP contribution < -0.4 is 4.74 Å². The first-order valence-corrected chi connectivity index (χ1v) is 18.1. The summed E-state index contributed by atoms with van der Waals surface area (Å²) in [5, 5.41) is 4.91. The second kappa shape index (κ2) is 10.2. The van der Waals surface area contributed by atoms with E-state index in [1.165, 1.54) is 93.9 Å². The number of ether oxygens (including phenoxy) is 1. The molecule has 0 unspecified atom stereocenters. The van der Waals surface area contributed by atoms with Gasteiger partial charge in [0.25, 0.3) is 0 Å². The molecule has 1 spiro atoms. The Bertz CT molecular complexity index is 2940. The van der Waals surface area contributed by atoms with Crippen molar-refractivity contribution in [2.24, 2.45) is 0 Å². The third kappa shape index (κ3) is 3.52. The van der Waals surface area contributed by atoms with Crippen LogP contribution in [-0.4, -0.2) is 0 Å². The fourth-order valence-corrected chi connectivity index (χ4v) is 9.79. The van der Waals surface area contributed by atoms with Gasteiger partial charge >= 0.3 is 0 Å². The molecule has 0 amide bonds. The van der Waals surface area contributed by atoms with E-state index in [9.17, 15) is 0 Å². The molecule has 1 heteroatoms. The Morgan fingerprint density at radius 2 is 0.962 bits per heavy atom. The minimum Gasteiger partial charge on any atom is -0.456 e. The first kappa shape index (κ1) is 28.0. The molecule has 9 aromatic rings. The molecule has 0 atom stereocenters. The van der Waals surface area contributed by atoms with Gasteiger partial charge in [0.15, 0.2) is 0 Å². The molecule has 0 radical (unpaired) electrons. The Morgan fingerprint density at radius 1 is 0.346 bits per heavy atom. The highest BCUT2D eigenvalue weighted by atomic mass is 16.5. The minimum absolute atomic E-state index is 0.455. The molecule has 0 aromatic heterocycles. The van der Waals surface area contributed by atoms with E-state index in [4.69, 9.17) is 4.74 Å². The summed E-state index contributed by atoms with van der Waals surface area (Å²) in [5.41, 5.74) is 17.5. The SMILES string of the molecule is c1ccc(-c2cc3ccc(-c4ccc5c(c4)-c4cccc6cccc(c46)O5)cc3c3c2-c2ccccc2C32c3ccccc3-c3ccccc32)cc1. The highest BCUT2D eigenvalue weighted by molar-refractivity contribution is 6.10. The maximum absolute atomic E-state index is 6.49. The second-order valence-electron chi connectivity index (χ2n) is 14.3. The standard InChI is InChI=1S/C51H30O/c1-2-12-31(13-3-1)40-30-35-25-24-33(34-26-27-46-42(29-34)38-19-10-14-32-15-11-23-47(52-46)48(32)38)28-41(35)50-49(40)39-18-6-9-22-45(39)51(50)43-20-7-4-16-36(43)37-17-5-8-21-44(37)51/h1-30H. The van der Waals surface area contributed by atoms with Crippen molar-refractivity contribution >= 4 is 21.5 Å². The molecule has 0 saturated heterocycles. The van der Waals surface area contributed by atoms with Crippen molar-refractivity contribution in [2.45, 2.75) is 5.41 Å². The molecule has 0 fully saturated rings. The van der Waals surface area contributed by atoms with Crippen LogP contribution in [0.5, 0.6) is 11.5 Å². The van der Waals surface area contributed by atoms with E-state index in [2.05, 4.69) is 182 Å². The van der Waals surface area contributed by atoms with E-state index < -0.39 is 5.41 Å². The molecule has 0 saturated carbocycles. The van der Waals surface area contributed by atoms with Crippen LogP contribution in [0, 0.1) is 0 Å². The zero-order valence-electron chi connectivity index (χ0n) is 28.2. The molecule has 240 valence electrons. The summed E-state index contributed by atoms with van der Waals surface area (Å²) < 4.78 is 6.49. The predicted octanol–water partition coefficient (Wildman–Crippen LogP) is 13.4. The number of fused-ring (bicyclic) bond motifs is 14. The first-order chi connectivity index (χ1) is 25.8. The maximum atomic E-state index is 6.49. The minimum atomic E-state index is -0.455. The lowest BCUT2D eigenvalue weighted by Gasteiger charge is -2.32. The van der Waals surface area contributed by atoms with Gasteiger partial charge in [-0.15, -0.1) is 0 Å². The van der Waals surface area contributed by atoms with Gasteiger partial charge in [0.1, 0.15) is 11.5 Å². The van der Waals surface area contributed by atoms with E-state index in [1.807, 2.05) is 0 Å². The Hall–Kier alpha value is -6.70. The number of hydrogen-bond acceptors (Lipinski definition) is 1. The average molecular weight is 659 g/mol. The molecule has 1 aliphatic heterocycles. The summed E-state index contributed by atoms with van der Waals surface area (Å²) in [7, 11) is 0. The van der Waals surface area contributed by atoms with Gasteiger partial charge in [-0.3, -0.25) is 0 Å². The summed E-state index contributed by atoms with van der Waals surface area (Å²) >= 11 is 0. The van der Waals surface area contributed by atoms with Gasteiger partial charge in [-0.25, -0.2) is 0 Å². The van der Waals surface area contributed by atoms with Gasteiger partial charge in [0, 0.05) is 10.9 Å². The van der Waals surface area contributed by atoms with Crippen molar-refractivity contribution < 1.29 is 4.74 Å². The van der Waals surface area contributed by atoms with Crippen LogP contribution >= 0.6 is 0 Å². The van der Waals surface area contributed by atoms with Crippen LogP contribution in [0.15, 0.2) is 182 Å². The molecular weight excluding hydrogens is 629 g/mol. The Balaban J connectivity index is 1.18. The molecule has 2 aliphatic carbocycles. The van der Waals surface area contributed by atoms with Crippen molar-refractivity contribution in [3.63, 3.8) is 0 Å². The largest absolute Gasteiger partial charge is 0.456 e. The van der Waals surface area contributed by atoms with Crippen LogP contribution in [0.1, 0.15) is 22.3 Å². The number of benzene rings is 9. The van der Waals surface area contributed by atoms with Crippen molar-refractivity contribution in [1.29, 1.82) is 0 Å². The van der Waals surface area contributed by atoms with Gasteiger partial charge in [-0.05, 0) is 119 Å². The second-order valence-corrected chi connectivity index (χ2v) is 14.3. The monoisotopic (exact) mass is 658 g/mol. The normalized spacial score (nSPS) is 13.7. The maximum Gasteiger partial charge on any atom is 0.135 e. The van der Waals surface area contributed by atoms with Crippen molar-refractivity contribution in [2.75, 3.05) is 0 Å². The van der Waals surface area contributed by atoms with E-state index in [-0.39, 0.29) is 0 Å². The predicted molar refractivity (Wildman–Crippen MR) is 214 cm³/mol. The van der Waals surface area contributed by atoms with Gasteiger partial charge in [-0.1, -0.05) is 152 Å². The fraction of sp³-hybridized carbons (Fsp3) is 0.0196. The molecule has 0 N–H and O–H groups in total.